The molecule has 0 aliphatic rings. The summed E-state index contributed by atoms with van der Waals surface area (Å²) >= 11 is 0. The Morgan fingerprint density at radius 3 is 2.57 bits per heavy atom. The van der Waals surface area contributed by atoms with Crippen LogP contribution in [0.15, 0.2) is 48.7 Å². The minimum atomic E-state index is -0.885. The molecule has 1 amide bonds. The van der Waals surface area contributed by atoms with Crippen molar-refractivity contribution < 1.29 is 14.5 Å². The highest BCUT2D eigenvalue weighted by molar-refractivity contribution is 5.81. The third kappa shape index (κ3) is 4.26. The summed E-state index contributed by atoms with van der Waals surface area (Å²) in [5.74, 6) is -0.810. The number of nitro groups is 1. The van der Waals surface area contributed by atoms with Gasteiger partial charge in [0.2, 0.25) is 5.75 Å². The Morgan fingerprint density at radius 2 is 1.91 bits per heavy atom. The second-order valence-corrected chi connectivity index (χ2v) is 4.98. The monoisotopic (exact) mass is 315 g/mol. The second kappa shape index (κ2) is 7.35. The summed E-state index contributed by atoms with van der Waals surface area (Å²) in [7, 11) is 0. The van der Waals surface area contributed by atoms with Gasteiger partial charge in [-0.25, -0.2) is 0 Å². The average Bonchev–Trinajstić information content (AvgIpc) is 2.55. The van der Waals surface area contributed by atoms with Gasteiger partial charge in [-0.15, -0.1) is 0 Å². The summed E-state index contributed by atoms with van der Waals surface area (Å²) in [6, 6.07) is 12.2. The van der Waals surface area contributed by atoms with Gasteiger partial charge in [0.15, 0.2) is 6.10 Å². The smallest absolute Gasteiger partial charge is 0.406 e. The molecule has 7 heteroatoms. The maximum absolute atomic E-state index is 12.2. The molecular weight excluding hydrogens is 298 g/mol. The molecule has 0 saturated carbocycles. The molecule has 0 saturated heterocycles. The molecule has 0 spiro atoms. The van der Waals surface area contributed by atoms with E-state index in [1.165, 1.54) is 25.3 Å². The minimum Gasteiger partial charge on any atom is -0.473 e. The number of ether oxygens (including phenoxy) is 1. The van der Waals surface area contributed by atoms with Crippen LogP contribution in [0, 0.1) is 10.1 Å². The number of carbonyl (C=O) groups excluding carboxylic acids is 1. The lowest BCUT2D eigenvalue weighted by Crippen LogP contribution is -2.37. The Morgan fingerprint density at radius 1 is 1.22 bits per heavy atom. The van der Waals surface area contributed by atoms with Gasteiger partial charge in [0.05, 0.1) is 6.04 Å². The molecule has 120 valence electrons. The molecule has 1 aromatic carbocycles. The first kappa shape index (κ1) is 16.4. The van der Waals surface area contributed by atoms with Gasteiger partial charge in [0.25, 0.3) is 5.91 Å². The molecule has 0 unspecified atom stereocenters. The highest BCUT2D eigenvalue weighted by Gasteiger charge is 2.22. The van der Waals surface area contributed by atoms with Crippen molar-refractivity contribution in [2.45, 2.75) is 26.0 Å². The molecule has 1 N–H and O–H groups in total. The fourth-order valence-corrected chi connectivity index (χ4v) is 2.01. The number of aromatic nitrogens is 1. The van der Waals surface area contributed by atoms with Gasteiger partial charge in [0, 0.05) is 0 Å². The van der Waals surface area contributed by atoms with Gasteiger partial charge in [-0.3, -0.25) is 4.79 Å². The van der Waals surface area contributed by atoms with Crippen molar-refractivity contribution in [2.75, 3.05) is 0 Å². The van der Waals surface area contributed by atoms with Gasteiger partial charge in [-0.05, 0) is 41.5 Å². The summed E-state index contributed by atoms with van der Waals surface area (Å²) in [4.78, 5) is 26.1. The van der Waals surface area contributed by atoms with Crippen LogP contribution in [0.25, 0.3) is 0 Å². The molecule has 0 radical (unpaired) electrons. The number of carbonyl (C=O) groups is 1. The first-order valence-corrected chi connectivity index (χ1v) is 7.10. The predicted octanol–water partition coefficient (Wildman–Crippen LogP) is 2.63. The first-order valence-electron chi connectivity index (χ1n) is 7.10. The summed E-state index contributed by atoms with van der Waals surface area (Å²) < 4.78 is 5.39. The maximum atomic E-state index is 12.2. The largest absolute Gasteiger partial charge is 0.473 e. The van der Waals surface area contributed by atoms with Crippen LogP contribution in [0.2, 0.25) is 0 Å². The number of hydrogen-bond donors (Lipinski definition) is 1. The van der Waals surface area contributed by atoms with Crippen molar-refractivity contribution in [3.63, 3.8) is 0 Å². The summed E-state index contributed by atoms with van der Waals surface area (Å²) in [6.07, 6.45) is 0.414. The number of amides is 1. The SMILES string of the molecule is C[C@H](NC(=O)[C@@H](C)Oc1cccnc1[N+](=O)[O-])c1ccccc1. The van der Waals surface area contributed by atoms with Crippen LogP contribution in [0.5, 0.6) is 5.75 Å². The van der Waals surface area contributed by atoms with Crippen LogP contribution < -0.4 is 10.1 Å². The molecule has 1 heterocycles. The molecule has 23 heavy (non-hydrogen) atoms. The normalized spacial score (nSPS) is 13.0. The molecule has 0 bridgehead atoms. The zero-order valence-corrected chi connectivity index (χ0v) is 12.8. The number of nitrogens with one attached hydrogen (secondary N) is 1. The van der Waals surface area contributed by atoms with E-state index in [0.29, 0.717) is 0 Å². The lowest BCUT2D eigenvalue weighted by atomic mass is 10.1. The summed E-state index contributed by atoms with van der Waals surface area (Å²) in [5.41, 5.74) is 0.959. The molecule has 1 aromatic heterocycles. The molecule has 2 aromatic rings. The van der Waals surface area contributed by atoms with Crippen molar-refractivity contribution in [2.24, 2.45) is 0 Å². The third-order valence-corrected chi connectivity index (χ3v) is 3.26. The summed E-state index contributed by atoms with van der Waals surface area (Å²) in [6.45, 7) is 3.39. The quantitative estimate of drug-likeness (QED) is 0.653. The second-order valence-electron chi connectivity index (χ2n) is 4.98. The van der Waals surface area contributed by atoms with Gasteiger partial charge in [0.1, 0.15) is 6.20 Å². The molecule has 0 aliphatic heterocycles. The van der Waals surface area contributed by atoms with Crippen LogP contribution in [0.1, 0.15) is 25.5 Å². The number of pyridine rings is 1. The highest BCUT2D eigenvalue weighted by Crippen LogP contribution is 2.24. The topological polar surface area (TPSA) is 94.4 Å². The highest BCUT2D eigenvalue weighted by atomic mass is 16.6. The van der Waals surface area contributed by atoms with Crippen LogP contribution in [0.4, 0.5) is 5.82 Å². The van der Waals surface area contributed by atoms with E-state index < -0.39 is 16.8 Å². The van der Waals surface area contributed by atoms with Crippen molar-refractivity contribution >= 4 is 11.7 Å². The van der Waals surface area contributed by atoms with Gasteiger partial charge in [-0.2, -0.15) is 0 Å². The lowest BCUT2D eigenvalue weighted by Gasteiger charge is -2.18. The fraction of sp³-hybridized carbons (Fsp3) is 0.250. The molecule has 2 rings (SSSR count). The predicted molar refractivity (Wildman–Crippen MR) is 84.0 cm³/mol. The maximum Gasteiger partial charge on any atom is 0.406 e. The first-order chi connectivity index (χ1) is 11.0. The number of hydrogen-bond acceptors (Lipinski definition) is 5. The van der Waals surface area contributed by atoms with Gasteiger partial charge in [-0.1, -0.05) is 30.3 Å². The number of rotatable bonds is 6. The van der Waals surface area contributed by atoms with Crippen molar-refractivity contribution in [3.8, 4) is 5.75 Å². The van der Waals surface area contributed by atoms with Gasteiger partial charge >= 0.3 is 5.82 Å². The standard InChI is InChI=1S/C16H17N3O4/c1-11(13-7-4-3-5-8-13)18-16(20)12(2)23-14-9-6-10-17-15(14)19(21)22/h3-12H,1-2H3,(H,18,20)/t11-,12+/m0/s1. The zero-order valence-electron chi connectivity index (χ0n) is 12.8. The average molecular weight is 315 g/mol. The Balaban J connectivity index is 2.02. The van der Waals surface area contributed by atoms with Crippen molar-refractivity contribution in [1.29, 1.82) is 0 Å². The van der Waals surface area contributed by atoms with Crippen molar-refractivity contribution in [3.05, 3.63) is 64.3 Å². The molecule has 2 atom stereocenters. The minimum absolute atomic E-state index is 0.0347. The van der Waals surface area contributed by atoms with E-state index in [-0.39, 0.29) is 17.7 Å². The molecule has 0 fully saturated rings. The van der Waals surface area contributed by atoms with Crippen molar-refractivity contribution in [1.82, 2.24) is 10.3 Å². The van der Waals surface area contributed by atoms with E-state index in [9.17, 15) is 14.9 Å². The lowest BCUT2D eigenvalue weighted by molar-refractivity contribution is -0.390. The molecule has 7 nitrogen and oxygen atoms in total. The van der Waals surface area contributed by atoms with E-state index in [1.54, 1.807) is 0 Å². The number of benzene rings is 1. The summed E-state index contributed by atoms with van der Waals surface area (Å²) in [5, 5.41) is 13.7. The van der Waals surface area contributed by atoms with E-state index >= 15 is 0 Å². The van der Waals surface area contributed by atoms with Gasteiger partial charge < -0.3 is 20.2 Å². The fourth-order valence-electron chi connectivity index (χ4n) is 2.01. The Labute approximate surface area is 133 Å². The van der Waals surface area contributed by atoms with E-state index in [1.807, 2.05) is 37.3 Å². The Hall–Kier alpha value is -2.96. The molecule has 0 aliphatic carbocycles. The van der Waals surface area contributed by atoms with E-state index in [2.05, 4.69) is 10.3 Å². The number of nitrogens with zero attached hydrogens (tertiary/aromatic N) is 2. The molecular formula is C16H17N3O4. The third-order valence-electron chi connectivity index (χ3n) is 3.26. The van der Waals surface area contributed by atoms with Crippen LogP contribution >= 0.6 is 0 Å². The van der Waals surface area contributed by atoms with E-state index in [4.69, 9.17) is 4.74 Å². The Kier molecular flexibility index (Phi) is 5.24. The zero-order chi connectivity index (χ0) is 16.8. The van der Waals surface area contributed by atoms with E-state index in [0.717, 1.165) is 5.56 Å². The van der Waals surface area contributed by atoms with Crippen LogP contribution in [-0.2, 0) is 4.79 Å². The Bertz CT molecular complexity index is 691. The van der Waals surface area contributed by atoms with Crippen LogP contribution in [-0.4, -0.2) is 21.9 Å². The van der Waals surface area contributed by atoms with Crippen LogP contribution in [0.3, 0.4) is 0 Å².